The minimum absolute atomic E-state index is 0.801. The van der Waals surface area contributed by atoms with Crippen LogP contribution in [0.4, 0.5) is 0 Å². The highest BCUT2D eigenvalue weighted by atomic mass is 16.1. The number of aryl methyl sites for hydroxylation is 1. The second kappa shape index (κ2) is 7.88. The maximum atomic E-state index is 11.1. The van der Waals surface area contributed by atoms with E-state index in [4.69, 9.17) is 0 Å². The lowest BCUT2D eigenvalue weighted by molar-refractivity contribution is 0.112. The zero-order chi connectivity index (χ0) is 14.2. The van der Waals surface area contributed by atoms with Gasteiger partial charge in [-0.1, -0.05) is 57.6 Å². The van der Waals surface area contributed by atoms with Crippen molar-refractivity contribution < 1.29 is 4.79 Å². The fourth-order valence-corrected chi connectivity index (χ4v) is 2.81. The number of rotatable bonds is 9. The summed E-state index contributed by atoms with van der Waals surface area (Å²) >= 11 is 0. The molecule has 2 rings (SSSR count). The fourth-order valence-electron chi connectivity index (χ4n) is 2.81. The van der Waals surface area contributed by atoms with Gasteiger partial charge in [0.15, 0.2) is 6.29 Å². The van der Waals surface area contributed by atoms with Crippen LogP contribution in [0.3, 0.4) is 0 Å². The van der Waals surface area contributed by atoms with E-state index in [9.17, 15) is 4.79 Å². The molecule has 0 aliphatic heterocycles. The molecule has 2 nitrogen and oxygen atoms in total. The Morgan fingerprint density at radius 2 is 1.75 bits per heavy atom. The topological polar surface area (TPSA) is 22.0 Å². The zero-order valence-corrected chi connectivity index (χ0v) is 12.5. The van der Waals surface area contributed by atoms with E-state index < -0.39 is 0 Å². The van der Waals surface area contributed by atoms with Crippen LogP contribution in [0.2, 0.25) is 0 Å². The standard InChI is InChI=1S/C18H25NO/c1-2-3-4-5-6-7-8-13-19-14-12-16-10-9-11-17(15-20)18(16)19/h9-12,14-15H,2-8,13H2,1H3. The molecule has 0 N–H and O–H groups in total. The predicted octanol–water partition coefficient (Wildman–Crippen LogP) is 5.20. The van der Waals surface area contributed by atoms with Crippen molar-refractivity contribution in [3.63, 3.8) is 0 Å². The highest BCUT2D eigenvalue weighted by Gasteiger charge is 2.05. The third-order valence-electron chi connectivity index (χ3n) is 3.95. The molecule has 0 radical (unpaired) electrons. The maximum Gasteiger partial charge on any atom is 0.152 e. The Morgan fingerprint density at radius 1 is 1.00 bits per heavy atom. The summed E-state index contributed by atoms with van der Waals surface area (Å²) in [5.74, 6) is 0. The summed E-state index contributed by atoms with van der Waals surface area (Å²) in [5.41, 5.74) is 1.89. The number of aldehydes is 1. The molecule has 0 saturated heterocycles. The summed E-state index contributed by atoms with van der Waals surface area (Å²) in [5, 5.41) is 1.16. The molecule has 108 valence electrons. The van der Waals surface area contributed by atoms with Gasteiger partial charge >= 0.3 is 0 Å². The molecule has 0 saturated carbocycles. The molecule has 0 atom stereocenters. The number of hydrogen-bond acceptors (Lipinski definition) is 1. The number of fused-ring (bicyclic) bond motifs is 1. The number of unbranched alkanes of at least 4 members (excludes halogenated alkanes) is 6. The zero-order valence-electron chi connectivity index (χ0n) is 12.5. The number of aromatic nitrogens is 1. The lowest BCUT2D eigenvalue weighted by Crippen LogP contribution is -1.98. The summed E-state index contributed by atoms with van der Waals surface area (Å²) in [7, 11) is 0. The quantitative estimate of drug-likeness (QED) is 0.453. The van der Waals surface area contributed by atoms with Gasteiger partial charge in [0, 0.05) is 23.7 Å². The van der Waals surface area contributed by atoms with Gasteiger partial charge in [0.2, 0.25) is 0 Å². The molecule has 2 heteroatoms. The van der Waals surface area contributed by atoms with Crippen LogP contribution in [-0.4, -0.2) is 10.9 Å². The van der Waals surface area contributed by atoms with Crippen LogP contribution >= 0.6 is 0 Å². The normalized spacial score (nSPS) is 11.1. The lowest BCUT2D eigenvalue weighted by Gasteiger charge is -2.07. The van der Waals surface area contributed by atoms with Gasteiger partial charge in [0.05, 0.1) is 5.52 Å². The fraction of sp³-hybridized carbons (Fsp3) is 0.500. The van der Waals surface area contributed by atoms with Crippen LogP contribution in [-0.2, 0) is 6.54 Å². The first kappa shape index (κ1) is 14.8. The van der Waals surface area contributed by atoms with E-state index in [1.807, 2.05) is 12.1 Å². The van der Waals surface area contributed by atoms with Gasteiger partial charge in [0.25, 0.3) is 0 Å². The summed E-state index contributed by atoms with van der Waals surface area (Å²) in [6.07, 6.45) is 12.3. The highest BCUT2D eigenvalue weighted by molar-refractivity contribution is 5.96. The van der Waals surface area contributed by atoms with E-state index >= 15 is 0 Å². The largest absolute Gasteiger partial charge is 0.347 e. The van der Waals surface area contributed by atoms with E-state index in [0.29, 0.717) is 0 Å². The van der Waals surface area contributed by atoms with Crippen LogP contribution in [0.15, 0.2) is 30.5 Å². The average Bonchev–Trinajstić information content (AvgIpc) is 2.89. The molecule has 0 unspecified atom stereocenters. The van der Waals surface area contributed by atoms with Crippen LogP contribution in [0.1, 0.15) is 62.2 Å². The van der Waals surface area contributed by atoms with Crippen LogP contribution in [0.5, 0.6) is 0 Å². The third-order valence-corrected chi connectivity index (χ3v) is 3.95. The molecule has 0 aliphatic rings. The summed E-state index contributed by atoms with van der Waals surface area (Å²) in [6.45, 7) is 3.27. The van der Waals surface area contributed by atoms with Gasteiger partial charge in [0.1, 0.15) is 0 Å². The van der Waals surface area contributed by atoms with Crippen molar-refractivity contribution in [2.24, 2.45) is 0 Å². The molecule has 0 bridgehead atoms. The molecule has 1 aromatic heterocycles. The number of carbonyl (C=O) groups excluding carboxylic acids is 1. The van der Waals surface area contributed by atoms with Crippen molar-refractivity contribution in [3.8, 4) is 0 Å². The predicted molar refractivity (Wildman–Crippen MR) is 85.3 cm³/mol. The van der Waals surface area contributed by atoms with Crippen LogP contribution in [0.25, 0.3) is 10.9 Å². The van der Waals surface area contributed by atoms with E-state index in [1.54, 1.807) is 0 Å². The molecular formula is C18H25NO. The smallest absolute Gasteiger partial charge is 0.152 e. The molecule has 0 aliphatic carbocycles. The van der Waals surface area contributed by atoms with E-state index in [1.165, 1.54) is 44.9 Å². The minimum atomic E-state index is 0.801. The van der Waals surface area contributed by atoms with Gasteiger partial charge in [-0.25, -0.2) is 0 Å². The van der Waals surface area contributed by atoms with Crippen molar-refractivity contribution >= 4 is 17.2 Å². The summed E-state index contributed by atoms with van der Waals surface area (Å²) < 4.78 is 2.23. The van der Waals surface area contributed by atoms with Gasteiger partial charge < -0.3 is 4.57 Å². The first-order valence-corrected chi connectivity index (χ1v) is 7.90. The van der Waals surface area contributed by atoms with E-state index in [0.717, 1.165) is 29.3 Å². The Labute approximate surface area is 121 Å². The molecular weight excluding hydrogens is 246 g/mol. The van der Waals surface area contributed by atoms with Crippen LogP contribution < -0.4 is 0 Å². The monoisotopic (exact) mass is 271 g/mol. The van der Waals surface area contributed by atoms with Gasteiger partial charge in [-0.3, -0.25) is 4.79 Å². The molecule has 0 amide bonds. The Hall–Kier alpha value is -1.57. The van der Waals surface area contributed by atoms with Crippen molar-refractivity contribution in [2.45, 2.75) is 58.4 Å². The molecule has 0 fully saturated rings. The summed E-state index contributed by atoms with van der Waals surface area (Å²) in [4.78, 5) is 11.1. The minimum Gasteiger partial charge on any atom is -0.347 e. The first-order valence-electron chi connectivity index (χ1n) is 7.90. The Kier molecular flexibility index (Phi) is 5.85. The molecule has 1 aromatic carbocycles. The van der Waals surface area contributed by atoms with E-state index in [2.05, 4.69) is 29.8 Å². The number of hydrogen-bond donors (Lipinski definition) is 0. The Morgan fingerprint density at radius 3 is 2.50 bits per heavy atom. The third kappa shape index (κ3) is 3.72. The van der Waals surface area contributed by atoms with Crippen molar-refractivity contribution in [1.29, 1.82) is 0 Å². The molecule has 1 heterocycles. The Bertz CT molecular complexity index is 541. The van der Waals surface area contributed by atoms with Gasteiger partial charge in [-0.05, 0) is 18.6 Å². The maximum absolute atomic E-state index is 11.1. The number of para-hydroxylation sites is 1. The van der Waals surface area contributed by atoms with Gasteiger partial charge in [-0.2, -0.15) is 0 Å². The highest BCUT2D eigenvalue weighted by Crippen LogP contribution is 2.20. The average molecular weight is 271 g/mol. The van der Waals surface area contributed by atoms with Crippen molar-refractivity contribution in [1.82, 2.24) is 4.57 Å². The van der Waals surface area contributed by atoms with Crippen molar-refractivity contribution in [3.05, 3.63) is 36.0 Å². The van der Waals surface area contributed by atoms with Crippen LogP contribution in [0, 0.1) is 0 Å². The molecule has 0 spiro atoms. The number of nitrogens with zero attached hydrogens (tertiary/aromatic N) is 1. The van der Waals surface area contributed by atoms with Crippen molar-refractivity contribution in [2.75, 3.05) is 0 Å². The second-order valence-corrected chi connectivity index (χ2v) is 5.53. The molecule has 2 aromatic rings. The summed E-state index contributed by atoms with van der Waals surface area (Å²) in [6, 6.07) is 8.02. The SMILES string of the molecule is CCCCCCCCCn1ccc2cccc(C=O)c21. The number of carbonyl (C=O) groups is 1. The molecule has 20 heavy (non-hydrogen) atoms. The lowest BCUT2D eigenvalue weighted by atomic mass is 10.1. The second-order valence-electron chi connectivity index (χ2n) is 5.53. The number of benzene rings is 1. The Balaban J connectivity index is 1.86. The van der Waals surface area contributed by atoms with Gasteiger partial charge in [-0.15, -0.1) is 0 Å². The first-order chi connectivity index (χ1) is 9.86. The van der Waals surface area contributed by atoms with E-state index in [-0.39, 0.29) is 0 Å².